The van der Waals surface area contributed by atoms with Gasteiger partial charge in [0.15, 0.2) is 11.5 Å². The number of aromatic nitrogens is 2. The van der Waals surface area contributed by atoms with Gasteiger partial charge in [-0.15, -0.1) is 12.4 Å². The van der Waals surface area contributed by atoms with Crippen LogP contribution in [-0.2, 0) is 17.7 Å². The first-order valence-electron chi connectivity index (χ1n) is 11.8. The van der Waals surface area contributed by atoms with Crippen molar-refractivity contribution < 1.29 is 23.0 Å². The molecule has 0 spiro atoms. The number of nitrogens with zero attached hydrogens (tertiary/aromatic N) is 2. The SMILES string of the molecule is Cc1ccc2ncc(F)c(CCC34CCC(NCc5cc6c(cc5F)OCO6)(CC3)CO4)c2n1.Cl. The van der Waals surface area contributed by atoms with E-state index in [9.17, 15) is 8.78 Å². The number of halogens is 3. The average molecular weight is 504 g/mol. The van der Waals surface area contributed by atoms with Crippen molar-refractivity contribution >= 4 is 23.4 Å². The maximum Gasteiger partial charge on any atom is 0.231 e. The van der Waals surface area contributed by atoms with Gasteiger partial charge in [0.05, 0.1) is 29.4 Å². The summed E-state index contributed by atoms with van der Waals surface area (Å²) in [7, 11) is 0. The number of ether oxygens (including phenoxy) is 3. The van der Waals surface area contributed by atoms with Gasteiger partial charge in [0.2, 0.25) is 6.79 Å². The highest BCUT2D eigenvalue weighted by Crippen LogP contribution is 2.46. The Morgan fingerprint density at radius 2 is 1.80 bits per heavy atom. The molecule has 2 aromatic heterocycles. The van der Waals surface area contributed by atoms with Gasteiger partial charge in [-0.25, -0.2) is 8.78 Å². The number of aryl methyl sites for hydroxylation is 2. The molecule has 5 heterocycles. The third-order valence-electron chi connectivity index (χ3n) is 7.70. The van der Waals surface area contributed by atoms with Crippen molar-refractivity contribution in [2.75, 3.05) is 13.4 Å². The van der Waals surface area contributed by atoms with E-state index in [1.807, 2.05) is 19.1 Å². The topological polar surface area (TPSA) is 65.5 Å². The van der Waals surface area contributed by atoms with Crippen molar-refractivity contribution in [2.24, 2.45) is 0 Å². The molecule has 2 bridgehead atoms. The molecule has 3 fully saturated rings. The average Bonchev–Trinajstić information content (AvgIpc) is 3.30. The summed E-state index contributed by atoms with van der Waals surface area (Å²) in [5.41, 5.74) is 2.96. The van der Waals surface area contributed by atoms with Crippen LogP contribution in [0.5, 0.6) is 11.5 Å². The molecular weight excluding hydrogens is 476 g/mol. The third kappa shape index (κ3) is 4.43. The highest BCUT2D eigenvalue weighted by Gasteiger charge is 2.49. The van der Waals surface area contributed by atoms with Crippen LogP contribution in [-0.4, -0.2) is 34.5 Å². The molecule has 35 heavy (non-hydrogen) atoms. The van der Waals surface area contributed by atoms with Crippen molar-refractivity contribution in [2.45, 2.75) is 63.1 Å². The van der Waals surface area contributed by atoms with E-state index in [1.165, 1.54) is 12.3 Å². The molecule has 0 amide bonds. The Balaban J connectivity index is 0.00000253. The Morgan fingerprint density at radius 3 is 2.54 bits per heavy atom. The maximum absolute atomic E-state index is 14.7. The first kappa shape index (κ1) is 24.2. The molecule has 186 valence electrons. The summed E-state index contributed by atoms with van der Waals surface area (Å²) in [5, 5.41) is 3.56. The predicted molar refractivity (Wildman–Crippen MR) is 129 cm³/mol. The number of rotatable bonds is 6. The van der Waals surface area contributed by atoms with Gasteiger partial charge in [-0.3, -0.25) is 9.97 Å². The molecule has 0 radical (unpaired) electrons. The predicted octanol–water partition coefficient (Wildman–Crippen LogP) is 5.17. The molecule has 0 unspecified atom stereocenters. The van der Waals surface area contributed by atoms with E-state index in [1.54, 1.807) is 6.07 Å². The fraction of sp³-hybridized carbons (Fsp3) is 0.462. The largest absolute Gasteiger partial charge is 0.454 e. The zero-order chi connectivity index (χ0) is 23.3. The lowest BCUT2D eigenvalue weighted by molar-refractivity contribution is -0.165. The van der Waals surface area contributed by atoms with Crippen LogP contribution in [0.15, 0.2) is 30.5 Å². The fourth-order valence-electron chi connectivity index (χ4n) is 5.48. The Kier molecular flexibility index (Phi) is 6.32. The molecule has 7 rings (SSSR count). The van der Waals surface area contributed by atoms with Crippen LogP contribution >= 0.6 is 12.4 Å². The van der Waals surface area contributed by atoms with Crippen LogP contribution in [0.3, 0.4) is 0 Å². The van der Waals surface area contributed by atoms with Crippen molar-refractivity contribution in [1.82, 2.24) is 15.3 Å². The molecule has 2 saturated heterocycles. The smallest absolute Gasteiger partial charge is 0.231 e. The Morgan fingerprint density at radius 1 is 1.03 bits per heavy atom. The van der Waals surface area contributed by atoms with Gasteiger partial charge < -0.3 is 19.5 Å². The number of pyridine rings is 2. The molecule has 4 aliphatic rings. The van der Waals surface area contributed by atoms with Gasteiger partial charge in [0, 0.05) is 35.0 Å². The normalized spacial score (nSPS) is 24.5. The maximum atomic E-state index is 14.7. The first-order chi connectivity index (χ1) is 16.4. The number of benzene rings is 1. The number of nitrogens with one attached hydrogen (secondary N) is 1. The lowest BCUT2D eigenvalue weighted by Gasteiger charge is -2.53. The highest BCUT2D eigenvalue weighted by atomic mass is 35.5. The van der Waals surface area contributed by atoms with E-state index in [4.69, 9.17) is 14.2 Å². The molecule has 1 saturated carbocycles. The molecule has 0 atom stereocenters. The van der Waals surface area contributed by atoms with Crippen LogP contribution < -0.4 is 14.8 Å². The van der Waals surface area contributed by atoms with Crippen LogP contribution in [0.4, 0.5) is 8.78 Å². The minimum atomic E-state index is -0.310. The summed E-state index contributed by atoms with van der Waals surface area (Å²) >= 11 is 0. The van der Waals surface area contributed by atoms with Crippen LogP contribution in [0.1, 0.15) is 48.9 Å². The van der Waals surface area contributed by atoms with Gasteiger partial charge >= 0.3 is 0 Å². The molecular formula is C26H28ClF2N3O3. The summed E-state index contributed by atoms with van der Waals surface area (Å²) < 4.78 is 46.2. The minimum absolute atomic E-state index is 0. The van der Waals surface area contributed by atoms with Crippen LogP contribution in [0, 0.1) is 18.6 Å². The monoisotopic (exact) mass is 503 g/mol. The first-order valence-corrected chi connectivity index (χ1v) is 11.8. The second-order valence-corrected chi connectivity index (χ2v) is 9.81. The van der Waals surface area contributed by atoms with Crippen molar-refractivity contribution in [1.29, 1.82) is 0 Å². The second-order valence-electron chi connectivity index (χ2n) is 9.81. The van der Waals surface area contributed by atoms with Gasteiger partial charge in [-0.2, -0.15) is 0 Å². The molecule has 3 aromatic rings. The lowest BCUT2D eigenvalue weighted by Crippen LogP contribution is -2.61. The van der Waals surface area contributed by atoms with E-state index in [2.05, 4.69) is 15.3 Å². The van der Waals surface area contributed by atoms with Crippen molar-refractivity contribution in [3.05, 3.63) is 58.9 Å². The van der Waals surface area contributed by atoms with E-state index in [-0.39, 0.29) is 42.0 Å². The summed E-state index contributed by atoms with van der Waals surface area (Å²) in [4.78, 5) is 8.73. The van der Waals surface area contributed by atoms with Crippen LogP contribution in [0.25, 0.3) is 11.0 Å². The minimum Gasteiger partial charge on any atom is -0.454 e. The van der Waals surface area contributed by atoms with Gasteiger partial charge in [-0.1, -0.05) is 0 Å². The number of hydrogen-bond acceptors (Lipinski definition) is 6. The molecule has 1 aliphatic carbocycles. The molecule has 1 N–H and O–H groups in total. The summed E-state index contributed by atoms with van der Waals surface area (Å²) in [6.07, 6.45) is 6.25. The van der Waals surface area contributed by atoms with Gasteiger partial charge in [0.1, 0.15) is 11.6 Å². The summed E-state index contributed by atoms with van der Waals surface area (Å²) in [6, 6.07) is 6.88. The zero-order valence-corrected chi connectivity index (χ0v) is 20.4. The Hall–Kier alpha value is -2.55. The molecule has 1 aromatic carbocycles. The van der Waals surface area contributed by atoms with E-state index in [0.29, 0.717) is 53.2 Å². The quantitative estimate of drug-likeness (QED) is 0.500. The standard InChI is InChI=1S/C26H27F2N3O3.ClH/c1-16-2-3-21-24(31-16)18(20(28)13-29-21)4-5-26-8-6-25(7-9-26,14-34-26)30-12-17-10-22-23(11-19(17)27)33-15-32-22;/h2-3,10-11,13,30H,4-9,12,14-15H2,1H3;1H. The Bertz CT molecular complexity index is 1240. The van der Waals surface area contributed by atoms with Gasteiger partial charge in [0.25, 0.3) is 0 Å². The fourth-order valence-corrected chi connectivity index (χ4v) is 5.48. The number of fused-ring (bicyclic) bond motifs is 5. The van der Waals surface area contributed by atoms with Crippen molar-refractivity contribution in [3.8, 4) is 11.5 Å². The Labute approximate surface area is 208 Å². The number of hydrogen-bond donors (Lipinski definition) is 1. The summed E-state index contributed by atoms with van der Waals surface area (Å²) in [6.45, 7) is 2.99. The highest BCUT2D eigenvalue weighted by molar-refractivity contribution is 5.85. The van der Waals surface area contributed by atoms with Crippen LogP contribution in [0.2, 0.25) is 0 Å². The van der Waals surface area contributed by atoms with Gasteiger partial charge in [-0.05, 0) is 63.6 Å². The van der Waals surface area contributed by atoms with E-state index < -0.39 is 0 Å². The summed E-state index contributed by atoms with van der Waals surface area (Å²) in [5.74, 6) is 0.423. The van der Waals surface area contributed by atoms with E-state index >= 15 is 0 Å². The van der Waals surface area contributed by atoms with E-state index in [0.717, 1.165) is 37.8 Å². The molecule has 6 nitrogen and oxygen atoms in total. The van der Waals surface area contributed by atoms with Crippen molar-refractivity contribution in [3.63, 3.8) is 0 Å². The zero-order valence-electron chi connectivity index (χ0n) is 19.5. The molecule has 9 heteroatoms. The molecule has 3 aliphatic heterocycles. The third-order valence-corrected chi connectivity index (χ3v) is 7.70. The lowest BCUT2D eigenvalue weighted by atomic mass is 9.69. The second kappa shape index (κ2) is 9.15.